The Labute approximate surface area is 110 Å². The number of benzene rings is 1. The summed E-state index contributed by atoms with van der Waals surface area (Å²) in [6, 6.07) is 3.18. The maximum absolute atomic E-state index is 11.3. The molecule has 0 fully saturated rings. The van der Waals surface area contributed by atoms with E-state index in [2.05, 4.69) is 26.6 Å². The smallest absolute Gasteiger partial charge is 0.335 e. The molecule has 1 heterocycles. The number of halogens is 1. The number of hydrogen-bond acceptors (Lipinski definition) is 3. The highest BCUT2D eigenvalue weighted by Crippen LogP contribution is 2.32. The number of carbonyl (C=O) groups excluding carboxylic acids is 1. The van der Waals surface area contributed by atoms with Gasteiger partial charge in [-0.2, -0.15) is 0 Å². The van der Waals surface area contributed by atoms with Gasteiger partial charge in [-0.15, -0.1) is 0 Å². The minimum absolute atomic E-state index is 0.0528. The molecule has 0 radical (unpaired) electrons. The van der Waals surface area contributed by atoms with E-state index in [0.29, 0.717) is 10.0 Å². The predicted octanol–water partition coefficient (Wildman–Crippen LogP) is 1.48. The van der Waals surface area contributed by atoms with E-state index in [1.165, 1.54) is 6.07 Å². The zero-order valence-corrected chi connectivity index (χ0v) is 10.6. The number of aromatic hydroxyl groups is 1. The fourth-order valence-electron chi connectivity index (χ4n) is 1.66. The van der Waals surface area contributed by atoms with Crippen LogP contribution >= 0.6 is 15.9 Å². The molecule has 0 saturated carbocycles. The van der Waals surface area contributed by atoms with Crippen LogP contribution < -0.4 is 10.6 Å². The van der Waals surface area contributed by atoms with Gasteiger partial charge in [-0.05, 0) is 18.2 Å². The van der Waals surface area contributed by atoms with Gasteiger partial charge in [0.15, 0.2) is 0 Å². The average molecular weight is 313 g/mol. The van der Waals surface area contributed by atoms with Crippen molar-refractivity contribution in [3.63, 3.8) is 0 Å². The van der Waals surface area contributed by atoms with Crippen molar-refractivity contribution in [3.05, 3.63) is 40.0 Å². The topological polar surface area (TPSA) is 98.7 Å². The van der Waals surface area contributed by atoms with E-state index in [0.717, 1.165) is 6.20 Å². The highest BCUT2D eigenvalue weighted by atomic mass is 79.9. The molecular formula is C11H9BrN2O4. The quantitative estimate of drug-likeness (QED) is 0.664. The number of urea groups is 1. The van der Waals surface area contributed by atoms with Crippen molar-refractivity contribution in [2.24, 2.45) is 0 Å². The van der Waals surface area contributed by atoms with Crippen molar-refractivity contribution in [2.45, 2.75) is 6.04 Å². The van der Waals surface area contributed by atoms with E-state index in [1.807, 2.05) is 0 Å². The first-order valence-corrected chi connectivity index (χ1v) is 5.77. The fraction of sp³-hybridized carbons (Fsp3) is 0.0909. The SMILES string of the molecule is O=C1NC=C(C(=O)O)C(c2cc(Br)ccc2O)N1. The van der Waals surface area contributed by atoms with Crippen LogP contribution in [-0.4, -0.2) is 22.2 Å². The van der Waals surface area contributed by atoms with E-state index in [4.69, 9.17) is 5.11 Å². The molecule has 18 heavy (non-hydrogen) atoms. The summed E-state index contributed by atoms with van der Waals surface area (Å²) in [5.41, 5.74) is 0.260. The summed E-state index contributed by atoms with van der Waals surface area (Å²) in [6.45, 7) is 0. The van der Waals surface area contributed by atoms with E-state index in [9.17, 15) is 14.7 Å². The van der Waals surface area contributed by atoms with Gasteiger partial charge in [0.2, 0.25) is 0 Å². The Bertz CT molecular complexity index is 556. The molecular weight excluding hydrogens is 304 g/mol. The van der Waals surface area contributed by atoms with Crippen LogP contribution in [0.1, 0.15) is 11.6 Å². The van der Waals surface area contributed by atoms with Gasteiger partial charge in [-0.3, -0.25) is 0 Å². The molecule has 4 N–H and O–H groups in total. The molecule has 1 unspecified atom stereocenters. The number of carboxylic acid groups (broad SMARTS) is 1. The van der Waals surface area contributed by atoms with Crippen LogP contribution in [0.25, 0.3) is 0 Å². The lowest BCUT2D eigenvalue weighted by Gasteiger charge is -2.24. The van der Waals surface area contributed by atoms with E-state index in [-0.39, 0.29) is 11.3 Å². The Balaban J connectivity index is 2.49. The number of carbonyl (C=O) groups is 2. The Kier molecular flexibility index (Phi) is 3.24. The molecule has 2 rings (SSSR count). The summed E-state index contributed by atoms with van der Waals surface area (Å²) in [5.74, 6) is -1.26. The Morgan fingerprint density at radius 1 is 1.39 bits per heavy atom. The summed E-state index contributed by atoms with van der Waals surface area (Å²) in [4.78, 5) is 22.3. The third-order valence-electron chi connectivity index (χ3n) is 2.49. The van der Waals surface area contributed by atoms with E-state index >= 15 is 0 Å². The van der Waals surface area contributed by atoms with Crippen LogP contribution in [0.4, 0.5) is 4.79 Å². The molecule has 1 aromatic carbocycles. The number of carboxylic acids is 1. The predicted molar refractivity (Wildman–Crippen MR) is 65.9 cm³/mol. The zero-order valence-electron chi connectivity index (χ0n) is 8.98. The first-order chi connectivity index (χ1) is 8.49. The monoisotopic (exact) mass is 312 g/mol. The van der Waals surface area contributed by atoms with Gasteiger partial charge in [0, 0.05) is 16.2 Å². The first-order valence-electron chi connectivity index (χ1n) is 4.98. The molecule has 1 atom stereocenters. The van der Waals surface area contributed by atoms with Crippen LogP contribution in [0.5, 0.6) is 5.75 Å². The Morgan fingerprint density at radius 3 is 2.78 bits per heavy atom. The normalized spacial score (nSPS) is 18.6. The maximum atomic E-state index is 11.3. The molecule has 6 nitrogen and oxygen atoms in total. The largest absolute Gasteiger partial charge is 0.508 e. The van der Waals surface area contributed by atoms with Gasteiger partial charge in [-0.1, -0.05) is 15.9 Å². The Hall–Kier alpha value is -2.02. The van der Waals surface area contributed by atoms with Gasteiger partial charge in [0.25, 0.3) is 0 Å². The highest BCUT2D eigenvalue weighted by Gasteiger charge is 2.29. The van der Waals surface area contributed by atoms with Crippen molar-refractivity contribution >= 4 is 27.9 Å². The Morgan fingerprint density at radius 2 is 2.11 bits per heavy atom. The van der Waals surface area contributed by atoms with Gasteiger partial charge < -0.3 is 20.8 Å². The number of phenolic OH excluding ortho intramolecular Hbond substituents is 1. The zero-order chi connectivity index (χ0) is 13.3. The molecule has 0 aromatic heterocycles. The molecule has 0 saturated heterocycles. The van der Waals surface area contributed by atoms with Crippen molar-refractivity contribution in [1.29, 1.82) is 0 Å². The van der Waals surface area contributed by atoms with Crippen LogP contribution in [0.3, 0.4) is 0 Å². The summed E-state index contributed by atoms with van der Waals surface area (Å²) < 4.78 is 0.674. The number of phenols is 1. The lowest BCUT2D eigenvalue weighted by Crippen LogP contribution is -2.42. The molecule has 0 bridgehead atoms. The van der Waals surface area contributed by atoms with Gasteiger partial charge >= 0.3 is 12.0 Å². The van der Waals surface area contributed by atoms with Crippen LogP contribution in [0.2, 0.25) is 0 Å². The van der Waals surface area contributed by atoms with Crippen LogP contribution in [-0.2, 0) is 4.79 Å². The third kappa shape index (κ3) is 2.30. The molecule has 1 aromatic rings. The summed E-state index contributed by atoms with van der Waals surface area (Å²) in [7, 11) is 0. The van der Waals surface area contributed by atoms with E-state index in [1.54, 1.807) is 12.1 Å². The lowest BCUT2D eigenvalue weighted by molar-refractivity contribution is -0.133. The number of rotatable bonds is 2. The lowest BCUT2D eigenvalue weighted by atomic mass is 9.97. The van der Waals surface area contributed by atoms with Crippen molar-refractivity contribution < 1.29 is 19.8 Å². The van der Waals surface area contributed by atoms with E-state index < -0.39 is 18.0 Å². The minimum atomic E-state index is -1.17. The second kappa shape index (κ2) is 4.69. The summed E-state index contributed by atoms with van der Waals surface area (Å²) in [6.07, 6.45) is 1.12. The second-order valence-corrected chi connectivity index (χ2v) is 4.57. The molecule has 0 aliphatic carbocycles. The summed E-state index contributed by atoms with van der Waals surface area (Å²) >= 11 is 3.23. The first kappa shape index (κ1) is 12.4. The van der Waals surface area contributed by atoms with Gasteiger partial charge in [-0.25, -0.2) is 9.59 Å². The maximum Gasteiger partial charge on any atom is 0.335 e. The average Bonchev–Trinajstić information content (AvgIpc) is 2.31. The highest BCUT2D eigenvalue weighted by molar-refractivity contribution is 9.10. The summed E-state index contributed by atoms with van der Waals surface area (Å²) in [5, 5.41) is 23.5. The third-order valence-corrected chi connectivity index (χ3v) is 2.99. The molecule has 7 heteroatoms. The molecule has 94 valence electrons. The van der Waals surface area contributed by atoms with Crippen molar-refractivity contribution in [1.82, 2.24) is 10.6 Å². The van der Waals surface area contributed by atoms with Gasteiger partial charge in [0.1, 0.15) is 5.75 Å². The number of hydrogen-bond donors (Lipinski definition) is 4. The van der Waals surface area contributed by atoms with Crippen LogP contribution in [0, 0.1) is 0 Å². The standard InChI is InChI=1S/C11H9BrN2O4/c12-5-1-2-8(15)6(3-5)9-7(10(16)17)4-13-11(18)14-9/h1-4,9,15H,(H,16,17)(H2,13,14,18). The van der Waals surface area contributed by atoms with Gasteiger partial charge in [0.05, 0.1) is 11.6 Å². The molecule has 0 spiro atoms. The number of nitrogens with one attached hydrogen (secondary N) is 2. The fourth-order valence-corrected chi connectivity index (χ4v) is 2.04. The van der Waals surface area contributed by atoms with Crippen molar-refractivity contribution in [2.75, 3.05) is 0 Å². The molecule has 1 aliphatic heterocycles. The molecule has 1 aliphatic rings. The van der Waals surface area contributed by atoms with Crippen LogP contribution in [0.15, 0.2) is 34.4 Å². The number of amides is 2. The second-order valence-electron chi connectivity index (χ2n) is 3.66. The van der Waals surface area contributed by atoms with Crippen molar-refractivity contribution in [3.8, 4) is 5.75 Å². The minimum Gasteiger partial charge on any atom is -0.508 e. The number of aliphatic carboxylic acids is 1. The molecule has 2 amide bonds.